The normalized spacial score (nSPS) is 67.7. The molecule has 4 unspecified atom stereocenters. The van der Waals surface area contributed by atoms with Gasteiger partial charge < -0.3 is 14.9 Å². The molecule has 0 amide bonds. The highest BCUT2D eigenvalue weighted by Gasteiger charge is 2.87. The fourth-order valence-electron chi connectivity index (χ4n) is 9.98. The highest BCUT2D eigenvalue weighted by atomic mass is 16.6. The number of ether oxygens (including phenoxy) is 1. The third-order valence-electron chi connectivity index (χ3n) is 11.1. The Morgan fingerprint density at radius 2 is 1.65 bits per heavy atom. The Labute approximate surface area is 157 Å². The summed E-state index contributed by atoms with van der Waals surface area (Å²) in [4.78, 5) is 0. The lowest BCUT2D eigenvalue weighted by molar-refractivity contribution is -0.212. The topological polar surface area (TPSA) is 53.0 Å². The van der Waals surface area contributed by atoms with Gasteiger partial charge in [-0.05, 0) is 73.0 Å². The van der Waals surface area contributed by atoms with E-state index in [4.69, 9.17) is 4.74 Å². The van der Waals surface area contributed by atoms with Crippen molar-refractivity contribution in [1.29, 1.82) is 0 Å². The van der Waals surface area contributed by atoms with Crippen LogP contribution in [0, 0.1) is 45.3 Å². The Bertz CT molecular complexity index is 683. The van der Waals surface area contributed by atoms with E-state index < -0.39 is 0 Å². The minimum atomic E-state index is -0.276. The van der Waals surface area contributed by atoms with Crippen molar-refractivity contribution in [3.8, 4) is 0 Å². The lowest BCUT2D eigenvalue weighted by Gasteiger charge is -2.62. The lowest BCUT2D eigenvalue weighted by atomic mass is 9.43. The number of epoxide rings is 1. The van der Waals surface area contributed by atoms with Gasteiger partial charge in [-0.25, -0.2) is 0 Å². The minimum absolute atomic E-state index is 0.159. The number of rotatable bonds is 0. The van der Waals surface area contributed by atoms with Crippen molar-refractivity contribution in [1.82, 2.24) is 0 Å². The Morgan fingerprint density at radius 1 is 0.962 bits per heavy atom. The Balaban J connectivity index is 1.47. The highest BCUT2D eigenvalue weighted by Crippen LogP contribution is 2.84. The summed E-state index contributed by atoms with van der Waals surface area (Å²) in [7, 11) is 0. The molecule has 146 valence electrons. The predicted molar refractivity (Wildman–Crippen MR) is 99.4 cm³/mol. The summed E-state index contributed by atoms with van der Waals surface area (Å²) in [5, 5.41) is 22.9. The third kappa shape index (κ3) is 1.42. The lowest BCUT2D eigenvalue weighted by Crippen LogP contribution is -2.65. The second-order valence-corrected chi connectivity index (χ2v) is 12.5. The molecule has 26 heavy (non-hydrogen) atoms. The molecular formula is C23H36O3. The first-order valence-corrected chi connectivity index (χ1v) is 11.1. The number of aliphatic hydroxyl groups is 2. The summed E-state index contributed by atoms with van der Waals surface area (Å²) in [5.41, 5.74) is 0.211. The van der Waals surface area contributed by atoms with E-state index in [1.807, 2.05) is 0 Å². The van der Waals surface area contributed by atoms with Crippen LogP contribution in [-0.2, 0) is 4.74 Å². The van der Waals surface area contributed by atoms with Crippen LogP contribution < -0.4 is 0 Å². The smallest absolute Gasteiger partial charge is 0.106 e. The summed E-state index contributed by atoms with van der Waals surface area (Å²) < 4.78 is 6.53. The average molecular weight is 361 g/mol. The maximum atomic E-state index is 11.6. The Kier molecular flexibility index (Phi) is 2.74. The maximum Gasteiger partial charge on any atom is 0.106 e. The first kappa shape index (κ1) is 16.8. The molecule has 1 aliphatic heterocycles. The van der Waals surface area contributed by atoms with Crippen molar-refractivity contribution < 1.29 is 14.9 Å². The first-order valence-electron chi connectivity index (χ1n) is 11.1. The molecule has 0 aromatic heterocycles. The average Bonchev–Trinajstić information content (AvgIpc) is 3.40. The summed E-state index contributed by atoms with van der Waals surface area (Å²) >= 11 is 0. The summed E-state index contributed by atoms with van der Waals surface area (Å²) in [6.45, 7) is 11.8. The molecule has 2 spiro atoms. The Hall–Kier alpha value is -0.120. The molecule has 3 nitrogen and oxygen atoms in total. The van der Waals surface area contributed by atoms with E-state index in [0.717, 1.165) is 25.2 Å². The molecular weight excluding hydrogens is 324 g/mol. The predicted octanol–water partition coefficient (Wildman–Crippen LogP) is 3.76. The number of fused-ring (bicyclic) bond motifs is 2. The van der Waals surface area contributed by atoms with Gasteiger partial charge in [0, 0.05) is 10.8 Å². The second-order valence-electron chi connectivity index (χ2n) is 12.5. The van der Waals surface area contributed by atoms with Crippen molar-refractivity contribution in [3.63, 3.8) is 0 Å². The van der Waals surface area contributed by atoms with Crippen LogP contribution in [0.5, 0.6) is 0 Å². The van der Waals surface area contributed by atoms with Crippen LogP contribution in [0.4, 0.5) is 0 Å². The zero-order chi connectivity index (χ0) is 18.5. The van der Waals surface area contributed by atoms with E-state index in [0.29, 0.717) is 23.9 Å². The molecule has 3 heteroatoms. The van der Waals surface area contributed by atoms with E-state index >= 15 is 0 Å². The van der Waals surface area contributed by atoms with Crippen molar-refractivity contribution in [2.24, 2.45) is 45.3 Å². The van der Waals surface area contributed by atoms with Crippen molar-refractivity contribution in [3.05, 3.63) is 0 Å². The van der Waals surface area contributed by atoms with E-state index in [1.165, 1.54) is 19.3 Å². The van der Waals surface area contributed by atoms with Gasteiger partial charge in [-0.15, -0.1) is 0 Å². The monoisotopic (exact) mass is 360 g/mol. The van der Waals surface area contributed by atoms with Crippen LogP contribution in [0.15, 0.2) is 0 Å². The van der Waals surface area contributed by atoms with Gasteiger partial charge in [-0.2, -0.15) is 0 Å². The molecule has 0 bridgehead atoms. The molecule has 6 fully saturated rings. The van der Waals surface area contributed by atoms with Crippen molar-refractivity contribution in [2.45, 2.75) is 97.1 Å². The number of hydrogen-bond acceptors (Lipinski definition) is 3. The molecule has 5 aliphatic carbocycles. The second kappa shape index (κ2) is 4.24. The van der Waals surface area contributed by atoms with Gasteiger partial charge in [0.05, 0.1) is 18.3 Å². The fourth-order valence-corrected chi connectivity index (χ4v) is 9.98. The minimum Gasteiger partial charge on any atom is -0.393 e. The molecule has 1 saturated heterocycles. The van der Waals surface area contributed by atoms with Crippen LogP contribution in [0.1, 0.15) is 73.1 Å². The molecule has 6 aliphatic rings. The number of aliphatic hydroxyl groups excluding tert-OH is 2. The van der Waals surface area contributed by atoms with E-state index in [9.17, 15) is 10.2 Å². The summed E-state index contributed by atoms with van der Waals surface area (Å²) in [6, 6.07) is 0. The first-order chi connectivity index (χ1) is 12.0. The molecule has 11 atom stereocenters. The van der Waals surface area contributed by atoms with Gasteiger partial charge in [0.1, 0.15) is 5.60 Å². The van der Waals surface area contributed by atoms with Crippen molar-refractivity contribution >= 4 is 0 Å². The van der Waals surface area contributed by atoms with Crippen molar-refractivity contribution in [2.75, 3.05) is 0 Å². The van der Waals surface area contributed by atoms with Gasteiger partial charge in [0.2, 0.25) is 0 Å². The van der Waals surface area contributed by atoms with E-state index in [-0.39, 0.29) is 39.5 Å². The summed E-state index contributed by atoms with van der Waals surface area (Å²) in [5.74, 6) is 2.18. The maximum absolute atomic E-state index is 11.6. The van der Waals surface area contributed by atoms with Crippen LogP contribution >= 0.6 is 0 Å². The summed E-state index contributed by atoms with van der Waals surface area (Å²) in [6.07, 6.45) is 6.53. The van der Waals surface area contributed by atoms with E-state index in [2.05, 4.69) is 34.6 Å². The molecule has 2 N–H and O–H groups in total. The zero-order valence-corrected chi connectivity index (χ0v) is 17.1. The standard InChI is InChI=1S/C23H36O3/c1-19(2,3)15-10-18-23(26-18)14-9-17(25)22-11-12(22)6-7-20(22,4)13(14)8-16(24)21(15,23)5/h12-18,24-25H,6-11H2,1-5H3/t12?,13?,14?,15?,16-,17-,18-,20-,21+,22+,23-/m1/s1. The van der Waals surface area contributed by atoms with Crippen LogP contribution in [0.3, 0.4) is 0 Å². The quantitative estimate of drug-likeness (QED) is 0.647. The Morgan fingerprint density at radius 3 is 2.31 bits per heavy atom. The molecule has 0 radical (unpaired) electrons. The van der Waals surface area contributed by atoms with Crippen LogP contribution in [-0.4, -0.2) is 34.1 Å². The number of hydrogen-bond donors (Lipinski definition) is 2. The fraction of sp³-hybridized carbons (Fsp3) is 1.00. The molecule has 0 aromatic carbocycles. The van der Waals surface area contributed by atoms with Gasteiger partial charge in [-0.1, -0.05) is 34.6 Å². The third-order valence-corrected chi connectivity index (χ3v) is 11.1. The highest BCUT2D eigenvalue weighted by molar-refractivity contribution is 5.34. The molecule has 1 heterocycles. The van der Waals surface area contributed by atoms with Gasteiger partial charge in [0.25, 0.3) is 0 Å². The van der Waals surface area contributed by atoms with Gasteiger partial charge >= 0.3 is 0 Å². The molecule has 0 aromatic rings. The van der Waals surface area contributed by atoms with Gasteiger partial charge in [0.15, 0.2) is 0 Å². The molecule has 5 saturated carbocycles. The van der Waals surface area contributed by atoms with Crippen LogP contribution in [0.25, 0.3) is 0 Å². The largest absolute Gasteiger partial charge is 0.393 e. The van der Waals surface area contributed by atoms with Gasteiger partial charge in [-0.3, -0.25) is 0 Å². The SMILES string of the molecule is CC(C)(C)C1C[C@H]2O[C@]23C2C[C@@H](O)[C@]45CC4CC[C@]5(C)C2C[C@@H](O)[C@]13C. The molecule has 6 rings (SSSR count). The van der Waals surface area contributed by atoms with Crippen LogP contribution in [0.2, 0.25) is 0 Å². The zero-order valence-electron chi connectivity index (χ0n) is 17.1. The van der Waals surface area contributed by atoms with E-state index in [1.54, 1.807) is 0 Å².